The number of carbonyl (C=O) groups is 2. The lowest BCUT2D eigenvalue weighted by molar-refractivity contribution is -0.161. The average Bonchev–Trinajstić information content (AvgIpc) is 3.19. The van der Waals surface area contributed by atoms with Gasteiger partial charge in [0, 0.05) is 12.8 Å². The molecule has 0 amide bonds. The van der Waals surface area contributed by atoms with Crippen LogP contribution in [-0.4, -0.2) is 65.7 Å². The Hall–Kier alpha value is -2.59. The van der Waals surface area contributed by atoms with Gasteiger partial charge in [0.1, 0.15) is 12.7 Å². The summed E-state index contributed by atoms with van der Waals surface area (Å²) >= 11 is 0. The maximum atomic E-state index is 12.5. The lowest BCUT2D eigenvalue weighted by Gasteiger charge is -2.20. The number of esters is 2. The SMILES string of the molecule is CC/C=C/C=C/C=C/C=C/C=C/CCCC(=O)OC(COC(=O)CCCCCCCCC/C=C/CCCCCCCCCCC)COP(=O)(O)OC[C@H](O)CO. The number of rotatable bonds is 39. The zero-order chi connectivity index (χ0) is 41.2. The summed E-state index contributed by atoms with van der Waals surface area (Å²) in [6.45, 7) is 2.13. The van der Waals surface area contributed by atoms with E-state index in [2.05, 4.69) is 36.6 Å². The molecule has 0 aromatic rings. The van der Waals surface area contributed by atoms with Crippen molar-refractivity contribution in [1.82, 2.24) is 0 Å². The highest BCUT2D eigenvalue weighted by atomic mass is 31.2. The normalized spacial score (nSPS) is 14.6. The van der Waals surface area contributed by atoms with Crippen LogP contribution >= 0.6 is 7.82 Å². The quantitative estimate of drug-likeness (QED) is 0.0180. The highest BCUT2D eigenvalue weighted by Gasteiger charge is 2.27. The van der Waals surface area contributed by atoms with Crippen LogP contribution in [0.4, 0.5) is 0 Å². The third-order valence-corrected chi connectivity index (χ3v) is 9.67. The molecule has 0 saturated carbocycles. The van der Waals surface area contributed by atoms with Gasteiger partial charge >= 0.3 is 19.8 Å². The number of phosphoric ester groups is 1. The van der Waals surface area contributed by atoms with Crippen molar-refractivity contribution in [3.63, 3.8) is 0 Å². The van der Waals surface area contributed by atoms with Gasteiger partial charge in [-0.05, 0) is 51.4 Å². The number of aliphatic hydroxyl groups is 2. The minimum absolute atomic E-state index is 0.0839. The number of ether oxygens (including phenoxy) is 2. The summed E-state index contributed by atoms with van der Waals surface area (Å²) in [7, 11) is -4.64. The fraction of sp³-hybridized carbons (Fsp3) is 0.689. The summed E-state index contributed by atoms with van der Waals surface area (Å²) in [5.41, 5.74) is 0. The van der Waals surface area contributed by atoms with Gasteiger partial charge < -0.3 is 24.6 Å². The molecule has 11 heteroatoms. The Morgan fingerprint density at radius 1 is 0.554 bits per heavy atom. The van der Waals surface area contributed by atoms with E-state index in [0.29, 0.717) is 19.3 Å². The number of aliphatic hydroxyl groups excluding tert-OH is 2. The Morgan fingerprint density at radius 3 is 1.57 bits per heavy atom. The Balaban J connectivity index is 4.34. The van der Waals surface area contributed by atoms with Crippen LogP contribution in [0, 0.1) is 0 Å². The molecule has 0 aliphatic rings. The van der Waals surface area contributed by atoms with E-state index in [1.54, 1.807) is 0 Å². The van der Waals surface area contributed by atoms with Crippen molar-refractivity contribution in [1.29, 1.82) is 0 Å². The average molecular weight is 809 g/mol. The van der Waals surface area contributed by atoms with E-state index in [0.717, 1.165) is 32.1 Å². The minimum atomic E-state index is -4.64. The Bertz CT molecular complexity index is 1160. The summed E-state index contributed by atoms with van der Waals surface area (Å²) in [5, 5.41) is 18.3. The van der Waals surface area contributed by atoms with E-state index in [1.165, 1.54) is 83.5 Å². The number of carbonyl (C=O) groups excluding carboxylic acids is 2. The van der Waals surface area contributed by atoms with Gasteiger partial charge in [0.05, 0.1) is 19.8 Å². The monoisotopic (exact) mass is 809 g/mol. The highest BCUT2D eigenvalue weighted by Crippen LogP contribution is 2.43. The zero-order valence-corrected chi connectivity index (χ0v) is 35.7. The van der Waals surface area contributed by atoms with Crippen molar-refractivity contribution in [3.8, 4) is 0 Å². The lowest BCUT2D eigenvalue weighted by atomic mass is 10.1. The molecule has 2 unspecified atom stereocenters. The van der Waals surface area contributed by atoms with E-state index in [-0.39, 0.29) is 19.4 Å². The smallest absolute Gasteiger partial charge is 0.462 e. The van der Waals surface area contributed by atoms with Gasteiger partial charge in [0.2, 0.25) is 0 Å². The van der Waals surface area contributed by atoms with Crippen molar-refractivity contribution in [2.75, 3.05) is 26.4 Å². The molecule has 3 N–H and O–H groups in total. The van der Waals surface area contributed by atoms with Gasteiger partial charge in [-0.15, -0.1) is 0 Å². The first kappa shape index (κ1) is 53.4. The molecule has 56 heavy (non-hydrogen) atoms. The third kappa shape index (κ3) is 39.6. The molecule has 0 aliphatic carbocycles. The van der Waals surface area contributed by atoms with E-state index in [1.807, 2.05) is 54.7 Å². The molecule has 0 fully saturated rings. The fourth-order valence-corrected chi connectivity index (χ4v) is 6.22. The second-order valence-corrected chi connectivity index (χ2v) is 15.6. The first-order valence-electron chi connectivity index (χ1n) is 21.5. The highest BCUT2D eigenvalue weighted by molar-refractivity contribution is 7.47. The molecule has 0 saturated heterocycles. The van der Waals surface area contributed by atoms with Gasteiger partial charge in [-0.25, -0.2) is 4.57 Å². The fourth-order valence-electron chi connectivity index (χ4n) is 5.43. The molecule has 0 radical (unpaired) electrons. The minimum Gasteiger partial charge on any atom is -0.462 e. The second-order valence-electron chi connectivity index (χ2n) is 14.1. The number of allylic oxidation sites excluding steroid dienone is 12. The molecule has 0 aromatic carbocycles. The molecular weight excluding hydrogens is 731 g/mol. The molecule has 3 atom stereocenters. The zero-order valence-electron chi connectivity index (χ0n) is 34.8. The van der Waals surface area contributed by atoms with Crippen molar-refractivity contribution in [2.24, 2.45) is 0 Å². The first-order valence-corrected chi connectivity index (χ1v) is 23.0. The summed E-state index contributed by atoms with van der Waals surface area (Å²) in [4.78, 5) is 34.9. The largest absolute Gasteiger partial charge is 0.472 e. The molecule has 0 rings (SSSR count). The van der Waals surface area contributed by atoms with E-state index >= 15 is 0 Å². The Kier molecular flexibility index (Phi) is 38.7. The Morgan fingerprint density at radius 2 is 1.02 bits per heavy atom. The van der Waals surface area contributed by atoms with Crippen molar-refractivity contribution in [2.45, 2.75) is 174 Å². The van der Waals surface area contributed by atoms with Crippen molar-refractivity contribution >= 4 is 19.8 Å². The maximum absolute atomic E-state index is 12.5. The van der Waals surface area contributed by atoms with Crippen LogP contribution in [0.1, 0.15) is 162 Å². The molecule has 0 spiro atoms. The predicted molar refractivity (Wildman–Crippen MR) is 228 cm³/mol. The van der Waals surface area contributed by atoms with Crippen LogP contribution in [0.15, 0.2) is 72.9 Å². The van der Waals surface area contributed by atoms with Gasteiger partial charge in [-0.2, -0.15) is 0 Å². The molecule has 0 aliphatic heterocycles. The first-order chi connectivity index (χ1) is 27.2. The molecule has 0 aromatic heterocycles. The second kappa shape index (κ2) is 40.6. The summed E-state index contributed by atoms with van der Waals surface area (Å²) < 4.78 is 32.6. The van der Waals surface area contributed by atoms with Gasteiger partial charge in [0.25, 0.3) is 0 Å². The summed E-state index contributed by atoms with van der Waals surface area (Å²) in [5.74, 6) is -1.02. The van der Waals surface area contributed by atoms with E-state index in [4.69, 9.17) is 19.1 Å². The Labute approximate surface area is 339 Å². The number of hydrogen-bond acceptors (Lipinski definition) is 9. The van der Waals surface area contributed by atoms with Gasteiger partial charge in [-0.1, -0.05) is 170 Å². The van der Waals surface area contributed by atoms with Crippen LogP contribution in [0.3, 0.4) is 0 Å². The van der Waals surface area contributed by atoms with Gasteiger partial charge in [-0.3, -0.25) is 18.6 Å². The van der Waals surface area contributed by atoms with Crippen LogP contribution in [0.25, 0.3) is 0 Å². The third-order valence-electron chi connectivity index (χ3n) is 8.72. The summed E-state index contributed by atoms with van der Waals surface area (Å²) in [6.07, 6.45) is 46.0. The molecule has 322 valence electrons. The van der Waals surface area contributed by atoms with Crippen LogP contribution in [0.2, 0.25) is 0 Å². The summed E-state index contributed by atoms with van der Waals surface area (Å²) in [6, 6.07) is 0. The topological polar surface area (TPSA) is 149 Å². The van der Waals surface area contributed by atoms with Crippen LogP contribution < -0.4 is 0 Å². The molecular formula is C45H77O10P. The maximum Gasteiger partial charge on any atom is 0.472 e. The van der Waals surface area contributed by atoms with E-state index < -0.39 is 51.8 Å². The standard InChI is InChI=1S/C45H77O10P/c1-3-5-7-9-11-13-15-17-18-19-20-21-22-23-25-26-28-30-32-34-36-44(48)52-40-43(41-54-56(50,51)53-39-42(47)38-46)55-45(49)37-35-33-31-29-27-24-16-14-12-10-8-6-4-2/h6,8,10,12,14,16,20-21,24,27,29,31,42-43,46-47H,3-5,7,9,11,13,15,17-19,22-23,25-26,28,30,32-41H2,1-2H3,(H,50,51)/b8-6+,12-10+,16-14+,21-20+,27-24+,31-29+/t42-,43?/m1/s1. The predicted octanol–water partition coefficient (Wildman–Crippen LogP) is 11.3. The van der Waals surface area contributed by atoms with Crippen LogP contribution in [0.5, 0.6) is 0 Å². The number of hydrogen-bond donors (Lipinski definition) is 3. The number of phosphoric acid groups is 1. The lowest BCUT2D eigenvalue weighted by Crippen LogP contribution is -2.29. The van der Waals surface area contributed by atoms with Gasteiger partial charge in [0.15, 0.2) is 6.10 Å². The van der Waals surface area contributed by atoms with Crippen molar-refractivity contribution in [3.05, 3.63) is 72.9 Å². The van der Waals surface area contributed by atoms with E-state index in [9.17, 15) is 24.2 Å². The number of unbranched alkanes of at least 4 members (excludes halogenated alkanes) is 17. The molecule has 0 heterocycles. The van der Waals surface area contributed by atoms with Crippen LogP contribution in [-0.2, 0) is 32.7 Å². The molecule has 0 bridgehead atoms. The molecule has 10 nitrogen and oxygen atoms in total. The van der Waals surface area contributed by atoms with Crippen molar-refractivity contribution < 1.29 is 47.8 Å².